The number of carbonyl (C=O) groups is 2. The van der Waals surface area contributed by atoms with Crippen molar-refractivity contribution in [3.8, 4) is 0 Å². The van der Waals surface area contributed by atoms with E-state index < -0.39 is 48.3 Å². The number of para-hydroxylation sites is 2. The van der Waals surface area contributed by atoms with Crippen LogP contribution in [0.2, 0.25) is 0 Å². The maximum absolute atomic E-state index is 15.3. The summed E-state index contributed by atoms with van der Waals surface area (Å²) in [5.74, 6) is -3.90. The van der Waals surface area contributed by atoms with E-state index in [0.717, 1.165) is 47.8 Å². The second-order valence-electron chi connectivity index (χ2n) is 12.3. The van der Waals surface area contributed by atoms with Crippen LogP contribution < -0.4 is 9.80 Å². The van der Waals surface area contributed by atoms with Crippen molar-refractivity contribution in [3.63, 3.8) is 0 Å². The molecule has 2 saturated heterocycles. The van der Waals surface area contributed by atoms with E-state index in [1.54, 1.807) is 9.80 Å². The Labute approximate surface area is 283 Å². The highest BCUT2D eigenvalue weighted by atomic mass is 19.1. The Kier molecular flexibility index (Phi) is 10.8. The monoisotopic (exact) mass is 674 g/mol. The first-order valence-corrected chi connectivity index (χ1v) is 16.5. The molecule has 2 heterocycles. The molecule has 2 atom stereocenters. The average Bonchev–Trinajstić information content (AvgIpc) is 3.14. The number of halogens is 4. The van der Waals surface area contributed by atoms with Crippen molar-refractivity contribution in [2.45, 2.75) is 25.0 Å². The summed E-state index contributed by atoms with van der Waals surface area (Å²) in [5, 5.41) is 0. The highest BCUT2D eigenvalue weighted by molar-refractivity contribution is 5.78. The van der Waals surface area contributed by atoms with E-state index in [2.05, 4.69) is 9.80 Å². The van der Waals surface area contributed by atoms with Crippen molar-refractivity contribution in [1.82, 2.24) is 9.80 Å². The summed E-state index contributed by atoms with van der Waals surface area (Å²) < 4.78 is 65.8. The molecule has 256 valence electrons. The maximum Gasteiger partial charge on any atom is 0.225 e. The molecule has 0 aliphatic carbocycles. The Balaban J connectivity index is 1.21. The van der Waals surface area contributed by atoms with Gasteiger partial charge in [0.05, 0.1) is 25.0 Å². The van der Waals surface area contributed by atoms with Crippen molar-refractivity contribution in [2.24, 2.45) is 0 Å². The van der Waals surface area contributed by atoms with Gasteiger partial charge in [0.1, 0.15) is 23.3 Å². The average molecular weight is 675 g/mol. The molecule has 2 amide bonds. The van der Waals surface area contributed by atoms with Gasteiger partial charge in [-0.25, -0.2) is 17.6 Å². The van der Waals surface area contributed by atoms with E-state index in [9.17, 15) is 18.4 Å². The van der Waals surface area contributed by atoms with Crippen LogP contribution in [0.3, 0.4) is 0 Å². The number of ether oxygens (including phenoxy) is 1. The largest absolute Gasteiger partial charge is 0.368 e. The molecule has 4 aromatic carbocycles. The summed E-state index contributed by atoms with van der Waals surface area (Å²) in [4.78, 5) is 34.9. The van der Waals surface area contributed by atoms with Crippen LogP contribution in [0.25, 0.3) is 0 Å². The van der Waals surface area contributed by atoms with Crippen molar-refractivity contribution in [3.05, 3.63) is 131 Å². The highest BCUT2D eigenvalue weighted by Gasteiger charge is 2.33. The summed E-state index contributed by atoms with van der Waals surface area (Å²) in [6.45, 7) is 3.83. The molecule has 49 heavy (non-hydrogen) atoms. The van der Waals surface area contributed by atoms with Crippen LogP contribution in [0.4, 0.5) is 28.9 Å². The van der Waals surface area contributed by atoms with Gasteiger partial charge in [-0.05, 0) is 60.7 Å². The minimum absolute atomic E-state index is 0.248. The van der Waals surface area contributed by atoms with E-state index in [4.69, 9.17) is 4.74 Å². The van der Waals surface area contributed by atoms with Gasteiger partial charge >= 0.3 is 0 Å². The topological polar surface area (TPSA) is 56.3 Å². The van der Waals surface area contributed by atoms with Crippen molar-refractivity contribution in [2.75, 3.05) is 62.2 Å². The van der Waals surface area contributed by atoms with Crippen LogP contribution in [0.1, 0.15) is 36.2 Å². The first-order valence-electron chi connectivity index (χ1n) is 16.5. The fourth-order valence-corrected chi connectivity index (χ4v) is 6.46. The SMILES string of the molecule is O=C(CC(OC(CC(=O)N1CCN(c2ccccc2)CC1)c1cc(F)ccc1F)c1cc(F)ccc1F)N1CCN(c2ccccc2)CC1. The summed E-state index contributed by atoms with van der Waals surface area (Å²) in [6, 6.07) is 25.2. The van der Waals surface area contributed by atoms with Crippen LogP contribution in [0, 0.1) is 23.3 Å². The molecule has 0 bridgehead atoms. The van der Waals surface area contributed by atoms with Crippen molar-refractivity contribution < 1.29 is 31.9 Å². The second kappa shape index (κ2) is 15.5. The lowest BCUT2D eigenvalue weighted by atomic mass is 10.0. The van der Waals surface area contributed by atoms with E-state index in [1.165, 1.54) is 0 Å². The molecule has 2 aliphatic heterocycles. The number of amides is 2. The van der Waals surface area contributed by atoms with Gasteiger partial charge in [-0.3, -0.25) is 9.59 Å². The zero-order chi connectivity index (χ0) is 34.3. The van der Waals surface area contributed by atoms with Gasteiger partial charge < -0.3 is 24.3 Å². The molecular weight excluding hydrogens is 636 g/mol. The van der Waals surface area contributed by atoms with Crippen LogP contribution >= 0.6 is 0 Å². The molecular formula is C38H38F4N4O3. The summed E-state index contributed by atoms with van der Waals surface area (Å²) in [7, 11) is 0. The van der Waals surface area contributed by atoms with Gasteiger partial charge in [-0.15, -0.1) is 0 Å². The molecule has 2 aliphatic rings. The number of hydrogen-bond donors (Lipinski definition) is 0. The van der Waals surface area contributed by atoms with Gasteiger partial charge in [0.2, 0.25) is 11.8 Å². The molecule has 2 fully saturated rings. The number of nitrogens with zero attached hydrogens (tertiary/aromatic N) is 4. The Morgan fingerprint density at radius 3 is 1.27 bits per heavy atom. The molecule has 0 N–H and O–H groups in total. The smallest absolute Gasteiger partial charge is 0.225 e. The fraction of sp³-hybridized carbons (Fsp3) is 0.316. The Hall–Kier alpha value is -4.90. The van der Waals surface area contributed by atoms with Gasteiger partial charge in [0, 0.05) is 74.9 Å². The molecule has 7 nitrogen and oxygen atoms in total. The predicted octanol–water partition coefficient (Wildman–Crippen LogP) is 6.52. The van der Waals surface area contributed by atoms with E-state index in [1.807, 2.05) is 60.7 Å². The Bertz CT molecular complexity index is 1600. The van der Waals surface area contributed by atoms with E-state index >= 15 is 8.78 Å². The zero-order valence-electron chi connectivity index (χ0n) is 27.0. The first kappa shape index (κ1) is 34.0. The molecule has 6 rings (SSSR count). The van der Waals surface area contributed by atoms with Crippen LogP contribution in [-0.2, 0) is 14.3 Å². The minimum atomic E-state index is -1.40. The summed E-state index contributed by atoms with van der Waals surface area (Å²) in [6.07, 6.45) is -3.59. The molecule has 0 radical (unpaired) electrons. The van der Waals surface area contributed by atoms with Gasteiger partial charge in [-0.2, -0.15) is 0 Å². The number of piperazine rings is 2. The number of hydrogen-bond acceptors (Lipinski definition) is 5. The molecule has 4 aromatic rings. The van der Waals surface area contributed by atoms with Crippen molar-refractivity contribution >= 4 is 23.2 Å². The third kappa shape index (κ3) is 8.40. The predicted molar refractivity (Wildman–Crippen MR) is 179 cm³/mol. The standard InChI is InChI=1S/C38H38F4N4O3/c39-27-11-13-33(41)31(23-27)35(25-37(47)45-19-15-43(16-20-45)29-7-3-1-4-8-29)49-36(32-24-28(40)12-14-34(32)42)26-38(48)46-21-17-44(18-22-46)30-9-5-2-6-10-30/h1-14,23-24,35-36H,15-22,25-26H2. The highest BCUT2D eigenvalue weighted by Crippen LogP contribution is 2.36. The quantitative estimate of drug-likeness (QED) is 0.180. The molecule has 0 spiro atoms. The Morgan fingerprint density at radius 2 is 0.898 bits per heavy atom. The zero-order valence-corrected chi connectivity index (χ0v) is 27.0. The first-order chi connectivity index (χ1) is 23.7. The lowest BCUT2D eigenvalue weighted by Gasteiger charge is -2.37. The number of benzene rings is 4. The van der Waals surface area contributed by atoms with Gasteiger partial charge in [0.15, 0.2) is 0 Å². The Morgan fingerprint density at radius 1 is 0.531 bits per heavy atom. The van der Waals surface area contributed by atoms with Crippen molar-refractivity contribution in [1.29, 1.82) is 0 Å². The molecule has 11 heteroatoms. The number of anilines is 2. The van der Waals surface area contributed by atoms with Gasteiger partial charge in [0.25, 0.3) is 0 Å². The lowest BCUT2D eigenvalue weighted by Crippen LogP contribution is -2.49. The molecule has 2 unspecified atom stereocenters. The van der Waals surface area contributed by atoms with E-state index in [-0.39, 0.29) is 22.9 Å². The van der Waals surface area contributed by atoms with Crippen LogP contribution in [0.15, 0.2) is 97.1 Å². The normalized spacial score (nSPS) is 16.4. The third-order valence-corrected chi connectivity index (χ3v) is 9.17. The second-order valence-corrected chi connectivity index (χ2v) is 12.3. The lowest BCUT2D eigenvalue weighted by molar-refractivity contribution is -0.140. The minimum Gasteiger partial charge on any atom is -0.368 e. The van der Waals surface area contributed by atoms with Crippen LogP contribution in [-0.4, -0.2) is 74.0 Å². The molecule has 0 aromatic heterocycles. The number of carbonyl (C=O) groups excluding carboxylic acids is 2. The van der Waals surface area contributed by atoms with E-state index in [0.29, 0.717) is 52.4 Å². The third-order valence-electron chi connectivity index (χ3n) is 9.17. The summed E-state index contributed by atoms with van der Waals surface area (Å²) in [5.41, 5.74) is 1.57. The fourth-order valence-electron chi connectivity index (χ4n) is 6.46. The number of rotatable bonds is 10. The van der Waals surface area contributed by atoms with Gasteiger partial charge in [-0.1, -0.05) is 36.4 Å². The summed E-state index contributed by atoms with van der Waals surface area (Å²) >= 11 is 0. The van der Waals surface area contributed by atoms with Crippen LogP contribution in [0.5, 0.6) is 0 Å². The molecule has 0 saturated carbocycles. The maximum atomic E-state index is 15.3.